The standard InChI is InChI=1S/C30H36ClN3O5S/c1-6-22(3)32-30(36)23(4)33(19-24-8-7-9-25(31)18-24)29(35)20-34(26-12-10-21(2)11-13-26)40(37,38)28-16-14-27(39-5)15-17-28/h7-18,22-23H,6,19-20H2,1-5H3,(H,32,36)/t22-,23-/m0/s1. The van der Waals surface area contributed by atoms with E-state index in [1.807, 2.05) is 20.8 Å². The van der Waals surface area contributed by atoms with Gasteiger partial charge in [0.1, 0.15) is 18.3 Å². The van der Waals surface area contributed by atoms with Crippen LogP contribution in [0.25, 0.3) is 0 Å². The second-order valence-corrected chi connectivity index (χ2v) is 12.0. The Kier molecular flexibility index (Phi) is 10.6. The molecular weight excluding hydrogens is 550 g/mol. The SMILES string of the molecule is CC[C@H](C)NC(=O)[C@H](C)N(Cc1cccc(Cl)c1)C(=O)CN(c1ccc(C)cc1)S(=O)(=O)c1ccc(OC)cc1. The fraction of sp³-hybridized carbons (Fsp3) is 0.333. The van der Waals surface area contributed by atoms with Gasteiger partial charge in [-0.05, 0) is 81.3 Å². The van der Waals surface area contributed by atoms with Crippen LogP contribution in [0.2, 0.25) is 5.02 Å². The second kappa shape index (κ2) is 13.7. The summed E-state index contributed by atoms with van der Waals surface area (Å²) in [5.41, 5.74) is 1.98. The average molecular weight is 586 g/mol. The van der Waals surface area contributed by atoms with E-state index in [9.17, 15) is 18.0 Å². The molecular formula is C30H36ClN3O5S. The van der Waals surface area contributed by atoms with Gasteiger partial charge in [-0.15, -0.1) is 0 Å². The highest BCUT2D eigenvalue weighted by atomic mass is 35.5. The number of anilines is 1. The van der Waals surface area contributed by atoms with Gasteiger partial charge in [-0.2, -0.15) is 0 Å². The lowest BCUT2D eigenvalue weighted by atomic mass is 10.1. The molecule has 0 fully saturated rings. The van der Waals surface area contributed by atoms with Crippen molar-refractivity contribution in [1.82, 2.24) is 10.2 Å². The predicted molar refractivity (Wildman–Crippen MR) is 158 cm³/mol. The van der Waals surface area contributed by atoms with Crippen LogP contribution in [0.5, 0.6) is 5.75 Å². The Bertz CT molecular complexity index is 1410. The minimum absolute atomic E-state index is 0.00521. The van der Waals surface area contributed by atoms with Gasteiger partial charge in [-0.25, -0.2) is 8.42 Å². The Hall–Kier alpha value is -3.56. The maximum atomic E-state index is 13.9. The number of rotatable bonds is 12. The van der Waals surface area contributed by atoms with Gasteiger partial charge in [0.05, 0.1) is 17.7 Å². The van der Waals surface area contributed by atoms with E-state index < -0.39 is 28.5 Å². The van der Waals surface area contributed by atoms with E-state index in [0.717, 1.165) is 16.3 Å². The number of hydrogen-bond donors (Lipinski definition) is 1. The summed E-state index contributed by atoms with van der Waals surface area (Å²) in [6, 6.07) is 18.9. The number of carbonyl (C=O) groups is 2. The highest BCUT2D eigenvalue weighted by molar-refractivity contribution is 7.92. The number of hydrogen-bond acceptors (Lipinski definition) is 5. The number of carbonyl (C=O) groups excluding carboxylic acids is 2. The molecule has 0 spiro atoms. The molecule has 0 aliphatic heterocycles. The van der Waals surface area contributed by atoms with Gasteiger partial charge >= 0.3 is 0 Å². The van der Waals surface area contributed by atoms with Gasteiger partial charge in [-0.1, -0.05) is 48.4 Å². The van der Waals surface area contributed by atoms with Crippen molar-refractivity contribution in [1.29, 1.82) is 0 Å². The van der Waals surface area contributed by atoms with Crippen molar-refractivity contribution in [2.75, 3.05) is 18.0 Å². The Morgan fingerprint density at radius 2 is 1.65 bits per heavy atom. The van der Waals surface area contributed by atoms with Crippen molar-refractivity contribution in [3.8, 4) is 5.75 Å². The Morgan fingerprint density at radius 1 is 1.00 bits per heavy atom. The lowest BCUT2D eigenvalue weighted by Crippen LogP contribution is -2.52. The van der Waals surface area contributed by atoms with Crippen LogP contribution in [0.4, 0.5) is 5.69 Å². The molecule has 2 amide bonds. The first-order valence-corrected chi connectivity index (χ1v) is 14.9. The van der Waals surface area contributed by atoms with Gasteiger partial charge in [0.25, 0.3) is 10.0 Å². The van der Waals surface area contributed by atoms with Crippen LogP contribution >= 0.6 is 11.6 Å². The van der Waals surface area contributed by atoms with Crippen LogP contribution in [-0.2, 0) is 26.2 Å². The lowest BCUT2D eigenvalue weighted by molar-refractivity contribution is -0.139. The number of sulfonamides is 1. The van der Waals surface area contributed by atoms with Crippen LogP contribution in [0, 0.1) is 6.92 Å². The zero-order valence-electron chi connectivity index (χ0n) is 23.4. The fourth-order valence-corrected chi connectivity index (χ4v) is 5.62. The molecule has 0 aromatic heterocycles. The molecule has 0 aliphatic carbocycles. The molecule has 0 saturated carbocycles. The molecule has 1 N–H and O–H groups in total. The van der Waals surface area contributed by atoms with Crippen molar-refractivity contribution >= 4 is 39.1 Å². The van der Waals surface area contributed by atoms with E-state index in [-0.39, 0.29) is 23.4 Å². The number of ether oxygens (including phenoxy) is 1. The molecule has 0 saturated heterocycles. The zero-order chi connectivity index (χ0) is 29.4. The molecule has 8 nitrogen and oxygen atoms in total. The number of aryl methyl sites for hydroxylation is 1. The summed E-state index contributed by atoms with van der Waals surface area (Å²) < 4.78 is 34.0. The van der Waals surface area contributed by atoms with Crippen LogP contribution in [0.1, 0.15) is 38.3 Å². The van der Waals surface area contributed by atoms with Gasteiger partial charge in [-0.3, -0.25) is 13.9 Å². The summed E-state index contributed by atoms with van der Waals surface area (Å²) in [6.45, 7) is 6.91. The quantitative estimate of drug-likeness (QED) is 0.316. The summed E-state index contributed by atoms with van der Waals surface area (Å²) in [7, 11) is -2.67. The first kappa shape index (κ1) is 31.0. The van der Waals surface area contributed by atoms with Crippen LogP contribution in [-0.4, -0.2) is 50.9 Å². The average Bonchev–Trinajstić information content (AvgIpc) is 2.94. The molecule has 214 valence electrons. The third kappa shape index (κ3) is 7.76. The molecule has 3 aromatic carbocycles. The van der Waals surface area contributed by atoms with E-state index in [4.69, 9.17) is 16.3 Å². The number of nitrogens with one attached hydrogen (secondary N) is 1. The maximum Gasteiger partial charge on any atom is 0.264 e. The number of methoxy groups -OCH3 is 1. The van der Waals surface area contributed by atoms with Crippen molar-refractivity contribution in [2.24, 2.45) is 0 Å². The number of halogens is 1. The molecule has 2 atom stereocenters. The normalized spacial score (nSPS) is 12.8. The maximum absolute atomic E-state index is 13.9. The van der Waals surface area contributed by atoms with Crippen molar-refractivity contribution < 1.29 is 22.7 Å². The van der Waals surface area contributed by atoms with E-state index >= 15 is 0 Å². The lowest BCUT2D eigenvalue weighted by Gasteiger charge is -2.32. The second-order valence-electron chi connectivity index (χ2n) is 9.67. The molecule has 0 bridgehead atoms. The van der Waals surface area contributed by atoms with Gasteiger partial charge < -0.3 is 15.0 Å². The highest BCUT2D eigenvalue weighted by Crippen LogP contribution is 2.26. The van der Waals surface area contributed by atoms with Crippen LogP contribution in [0.3, 0.4) is 0 Å². The van der Waals surface area contributed by atoms with Gasteiger partial charge in [0, 0.05) is 17.6 Å². The first-order valence-electron chi connectivity index (χ1n) is 13.0. The summed E-state index contributed by atoms with van der Waals surface area (Å²) in [5.74, 6) is -0.361. The smallest absolute Gasteiger partial charge is 0.264 e. The van der Waals surface area contributed by atoms with Gasteiger partial charge in [0.15, 0.2) is 0 Å². The van der Waals surface area contributed by atoms with E-state index in [0.29, 0.717) is 22.0 Å². The number of benzene rings is 3. The monoisotopic (exact) mass is 585 g/mol. The van der Waals surface area contributed by atoms with Crippen LogP contribution in [0.15, 0.2) is 77.7 Å². The Labute approximate surface area is 241 Å². The molecule has 3 aromatic rings. The summed E-state index contributed by atoms with van der Waals surface area (Å²) in [6.07, 6.45) is 0.724. The van der Waals surface area contributed by atoms with Gasteiger partial charge in [0.2, 0.25) is 11.8 Å². The largest absolute Gasteiger partial charge is 0.497 e. The molecule has 0 unspecified atom stereocenters. The third-order valence-corrected chi connectivity index (χ3v) is 8.68. The predicted octanol–water partition coefficient (Wildman–Crippen LogP) is 5.18. The van der Waals surface area contributed by atoms with Crippen molar-refractivity contribution in [3.05, 3.63) is 88.9 Å². The molecule has 0 aliphatic rings. The number of nitrogens with zero attached hydrogens (tertiary/aromatic N) is 2. The minimum Gasteiger partial charge on any atom is -0.497 e. The number of amides is 2. The summed E-state index contributed by atoms with van der Waals surface area (Å²) >= 11 is 6.18. The van der Waals surface area contributed by atoms with Crippen molar-refractivity contribution in [3.63, 3.8) is 0 Å². The fourth-order valence-electron chi connectivity index (χ4n) is 3.99. The van der Waals surface area contributed by atoms with E-state index in [1.165, 1.54) is 24.1 Å². The highest BCUT2D eigenvalue weighted by Gasteiger charge is 2.32. The van der Waals surface area contributed by atoms with Crippen LogP contribution < -0.4 is 14.4 Å². The van der Waals surface area contributed by atoms with E-state index in [2.05, 4.69) is 5.32 Å². The Morgan fingerprint density at radius 3 is 2.23 bits per heavy atom. The summed E-state index contributed by atoms with van der Waals surface area (Å²) in [5, 5.41) is 3.41. The Balaban J connectivity index is 2.02. The molecule has 40 heavy (non-hydrogen) atoms. The molecule has 10 heteroatoms. The molecule has 0 heterocycles. The summed E-state index contributed by atoms with van der Waals surface area (Å²) in [4.78, 5) is 28.5. The zero-order valence-corrected chi connectivity index (χ0v) is 25.0. The van der Waals surface area contributed by atoms with Crippen molar-refractivity contribution in [2.45, 2.75) is 57.6 Å². The third-order valence-electron chi connectivity index (χ3n) is 6.66. The van der Waals surface area contributed by atoms with E-state index in [1.54, 1.807) is 67.6 Å². The first-order chi connectivity index (χ1) is 19.0. The molecule has 0 radical (unpaired) electrons. The minimum atomic E-state index is -4.16. The topological polar surface area (TPSA) is 96.0 Å². The molecule has 3 rings (SSSR count).